The van der Waals surface area contributed by atoms with Gasteiger partial charge in [-0.05, 0) is 12.8 Å². The number of imidazole rings is 1. The van der Waals surface area contributed by atoms with Crippen molar-refractivity contribution in [2.75, 3.05) is 12.3 Å². The van der Waals surface area contributed by atoms with E-state index in [4.69, 9.17) is 10.5 Å². The second kappa shape index (κ2) is 5.85. The third-order valence-corrected chi connectivity index (χ3v) is 5.40. The predicted molar refractivity (Wildman–Crippen MR) is 85.0 cm³/mol. The van der Waals surface area contributed by atoms with Crippen LogP contribution in [0.4, 0.5) is 5.82 Å². The second-order valence-corrected chi connectivity index (χ2v) is 6.68. The van der Waals surface area contributed by atoms with Gasteiger partial charge in [0, 0.05) is 5.92 Å². The van der Waals surface area contributed by atoms with Crippen LogP contribution in [0, 0.1) is 5.92 Å². The normalized spacial score (nSPS) is 38.6. The van der Waals surface area contributed by atoms with Gasteiger partial charge in [0.2, 0.25) is 0 Å². The minimum Gasteiger partial charge on any atom is -0.394 e. The van der Waals surface area contributed by atoms with Crippen molar-refractivity contribution in [2.24, 2.45) is 5.92 Å². The number of hydrogen-bond donors (Lipinski definition) is 5. The van der Waals surface area contributed by atoms with Gasteiger partial charge < -0.3 is 30.9 Å². The summed E-state index contributed by atoms with van der Waals surface area (Å²) in [6.45, 7) is -0.466. The molecule has 2 aromatic rings. The zero-order valence-corrected chi connectivity index (χ0v) is 13.4. The van der Waals surface area contributed by atoms with E-state index in [1.807, 2.05) is 0 Å². The zero-order valence-electron chi connectivity index (χ0n) is 13.4. The average molecular weight is 351 g/mol. The Labute approximate surface area is 142 Å². The van der Waals surface area contributed by atoms with Crippen molar-refractivity contribution in [1.82, 2.24) is 19.5 Å². The van der Waals surface area contributed by atoms with Crippen molar-refractivity contribution in [1.29, 1.82) is 0 Å². The SMILES string of the molecule is Nc1ncnc2c1ncn2[C@]1([C@H]2CCC[C@@H]2O)O[C@H](CO)[C@@H](O)[C@H]1O. The number of nitrogen functional groups attached to an aromatic ring is 1. The molecule has 0 spiro atoms. The van der Waals surface area contributed by atoms with E-state index in [-0.39, 0.29) is 5.82 Å². The molecular formula is C15H21N5O5. The molecule has 4 rings (SSSR count). The average Bonchev–Trinajstić information content (AvgIpc) is 3.28. The molecule has 10 nitrogen and oxygen atoms in total. The lowest BCUT2D eigenvalue weighted by atomic mass is 9.86. The molecule has 1 aliphatic heterocycles. The maximum Gasteiger partial charge on any atom is 0.181 e. The highest BCUT2D eigenvalue weighted by Crippen LogP contribution is 2.49. The standard InChI is InChI=1S/C15H21N5O5/c16-13-10-14(18-5-17-13)20(6-19-10)15(7-2-1-3-8(7)22)12(24)11(23)9(4-21)25-15/h5-9,11-12,21-24H,1-4H2,(H2,16,17,18)/t7-,8-,9+,11+,12+,15+/m0/s1. The molecular weight excluding hydrogens is 330 g/mol. The Morgan fingerprint density at radius 3 is 2.68 bits per heavy atom. The number of nitrogens with zero attached hydrogens (tertiary/aromatic N) is 4. The summed E-state index contributed by atoms with van der Waals surface area (Å²) in [5.41, 5.74) is 5.01. The van der Waals surface area contributed by atoms with E-state index in [2.05, 4.69) is 15.0 Å². The van der Waals surface area contributed by atoms with Gasteiger partial charge in [-0.15, -0.1) is 0 Å². The van der Waals surface area contributed by atoms with Crippen molar-refractivity contribution >= 4 is 17.0 Å². The first-order valence-electron chi connectivity index (χ1n) is 8.27. The lowest BCUT2D eigenvalue weighted by Gasteiger charge is -2.40. The number of nitrogens with two attached hydrogens (primary N) is 1. The molecule has 0 bridgehead atoms. The van der Waals surface area contributed by atoms with Gasteiger partial charge in [-0.25, -0.2) is 15.0 Å². The molecule has 0 aromatic carbocycles. The fourth-order valence-electron chi connectivity index (χ4n) is 4.19. The molecule has 1 saturated heterocycles. The third kappa shape index (κ3) is 2.19. The Kier molecular flexibility index (Phi) is 3.89. The quantitative estimate of drug-likeness (QED) is 0.436. The first-order valence-corrected chi connectivity index (χ1v) is 8.27. The first kappa shape index (κ1) is 16.6. The van der Waals surface area contributed by atoms with Gasteiger partial charge in [-0.2, -0.15) is 0 Å². The molecule has 1 aliphatic carbocycles. The van der Waals surface area contributed by atoms with Gasteiger partial charge in [0.15, 0.2) is 17.2 Å². The van der Waals surface area contributed by atoms with Crippen LogP contribution in [0.3, 0.4) is 0 Å². The Hall–Kier alpha value is -1.85. The smallest absolute Gasteiger partial charge is 0.181 e. The van der Waals surface area contributed by atoms with Crippen molar-refractivity contribution in [3.05, 3.63) is 12.7 Å². The highest BCUT2D eigenvalue weighted by molar-refractivity contribution is 5.81. The predicted octanol–water partition coefficient (Wildman–Crippen LogP) is -1.66. The number of hydrogen-bond acceptors (Lipinski definition) is 9. The van der Waals surface area contributed by atoms with E-state index in [9.17, 15) is 20.4 Å². The van der Waals surface area contributed by atoms with Crippen LogP contribution in [0.2, 0.25) is 0 Å². The lowest BCUT2D eigenvalue weighted by molar-refractivity contribution is -0.196. The van der Waals surface area contributed by atoms with Crippen LogP contribution in [0.5, 0.6) is 0 Å². The van der Waals surface area contributed by atoms with Crippen LogP contribution in [0.1, 0.15) is 19.3 Å². The zero-order chi connectivity index (χ0) is 17.8. The number of aromatic nitrogens is 4. The Balaban J connectivity index is 1.93. The number of aliphatic hydroxyl groups excluding tert-OH is 4. The molecule has 25 heavy (non-hydrogen) atoms. The summed E-state index contributed by atoms with van der Waals surface area (Å²) in [5.74, 6) is -0.320. The number of rotatable bonds is 3. The minimum atomic E-state index is -1.50. The molecule has 6 N–H and O–H groups in total. The molecule has 2 aromatic heterocycles. The van der Waals surface area contributed by atoms with Gasteiger partial charge in [0.25, 0.3) is 0 Å². The van der Waals surface area contributed by atoms with Crippen LogP contribution in [0.15, 0.2) is 12.7 Å². The van der Waals surface area contributed by atoms with E-state index in [0.29, 0.717) is 24.0 Å². The molecule has 0 unspecified atom stereocenters. The van der Waals surface area contributed by atoms with Crippen LogP contribution in [-0.4, -0.2) is 71.0 Å². The molecule has 136 valence electrons. The van der Waals surface area contributed by atoms with E-state index in [0.717, 1.165) is 6.42 Å². The van der Waals surface area contributed by atoms with Gasteiger partial charge in [-0.1, -0.05) is 6.42 Å². The maximum absolute atomic E-state index is 10.9. The largest absolute Gasteiger partial charge is 0.394 e. The molecule has 2 aliphatic rings. The van der Waals surface area contributed by atoms with Crippen molar-refractivity contribution < 1.29 is 25.2 Å². The Morgan fingerprint density at radius 2 is 2.04 bits per heavy atom. The van der Waals surface area contributed by atoms with Gasteiger partial charge in [0.1, 0.15) is 30.2 Å². The minimum absolute atomic E-state index is 0.178. The summed E-state index contributed by atoms with van der Waals surface area (Å²) < 4.78 is 7.48. The molecule has 0 radical (unpaired) electrons. The molecule has 10 heteroatoms. The number of ether oxygens (including phenoxy) is 1. The maximum atomic E-state index is 10.9. The topological polar surface area (TPSA) is 160 Å². The van der Waals surface area contributed by atoms with Gasteiger partial charge >= 0.3 is 0 Å². The summed E-state index contributed by atoms with van der Waals surface area (Å²) in [5, 5.41) is 41.2. The Bertz CT molecular complexity index is 785. The number of aliphatic hydroxyl groups is 4. The van der Waals surface area contributed by atoms with Crippen molar-refractivity contribution in [3.63, 3.8) is 0 Å². The lowest BCUT2D eigenvalue weighted by Crippen LogP contribution is -2.53. The second-order valence-electron chi connectivity index (χ2n) is 6.68. The van der Waals surface area contributed by atoms with Gasteiger partial charge in [-0.3, -0.25) is 4.57 Å². The van der Waals surface area contributed by atoms with Crippen LogP contribution in [-0.2, 0) is 10.5 Å². The first-order chi connectivity index (χ1) is 12.0. The van der Waals surface area contributed by atoms with Crippen molar-refractivity contribution in [3.8, 4) is 0 Å². The summed E-state index contributed by atoms with van der Waals surface area (Å²) in [4.78, 5) is 12.3. The summed E-state index contributed by atoms with van der Waals surface area (Å²) >= 11 is 0. The molecule has 6 atom stereocenters. The molecule has 1 saturated carbocycles. The fourth-order valence-corrected chi connectivity index (χ4v) is 4.19. The molecule has 3 heterocycles. The summed E-state index contributed by atoms with van der Waals surface area (Å²) in [6.07, 6.45) is 0.190. The van der Waals surface area contributed by atoms with E-state index in [1.54, 1.807) is 0 Å². The monoisotopic (exact) mass is 351 g/mol. The van der Waals surface area contributed by atoms with Crippen molar-refractivity contribution in [2.45, 2.75) is 49.4 Å². The van der Waals surface area contributed by atoms with E-state index >= 15 is 0 Å². The van der Waals surface area contributed by atoms with E-state index in [1.165, 1.54) is 17.2 Å². The van der Waals surface area contributed by atoms with Crippen LogP contribution in [0.25, 0.3) is 11.2 Å². The van der Waals surface area contributed by atoms with Crippen LogP contribution < -0.4 is 5.73 Å². The Morgan fingerprint density at radius 1 is 1.24 bits per heavy atom. The van der Waals surface area contributed by atoms with E-state index < -0.39 is 42.7 Å². The molecule has 0 amide bonds. The summed E-state index contributed by atoms with van der Waals surface area (Å²) in [7, 11) is 0. The molecule has 2 fully saturated rings. The highest BCUT2D eigenvalue weighted by Gasteiger charge is 2.62. The third-order valence-electron chi connectivity index (χ3n) is 5.40. The van der Waals surface area contributed by atoms with Gasteiger partial charge in [0.05, 0.1) is 19.0 Å². The fraction of sp³-hybridized carbons (Fsp3) is 0.667. The summed E-state index contributed by atoms with van der Waals surface area (Å²) in [6, 6.07) is 0. The number of fused-ring (bicyclic) bond motifs is 1. The van der Waals surface area contributed by atoms with Crippen LogP contribution >= 0.6 is 0 Å². The highest BCUT2D eigenvalue weighted by atomic mass is 16.6. The number of anilines is 1.